The number of hydrogen-bond donors (Lipinski definition) is 0. The van der Waals surface area contributed by atoms with Gasteiger partial charge >= 0.3 is 0 Å². The molecule has 0 unspecified atom stereocenters. The average molecular weight is 375 g/mol. The van der Waals surface area contributed by atoms with Crippen LogP contribution in [0.4, 0.5) is 4.39 Å². The van der Waals surface area contributed by atoms with Crippen LogP contribution in [-0.4, -0.2) is 19.9 Å². The van der Waals surface area contributed by atoms with E-state index in [0.717, 1.165) is 5.69 Å². The van der Waals surface area contributed by atoms with Crippen LogP contribution in [0.25, 0.3) is 16.6 Å². The first-order valence-electron chi connectivity index (χ1n) is 8.88. The van der Waals surface area contributed by atoms with Crippen molar-refractivity contribution in [1.82, 2.24) is 14.1 Å². The van der Waals surface area contributed by atoms with E-state index in [0.29, 0.717) is 27.8 Å². The minimum absolute atomic E-state index is 0.127. The predicted molar refractivity (Wildman–Crippen MR) is 106 cm³/mol. The quantitative estimate of drug-likeness (QED) is 0.510. The molecule has 0 amide bonds. The zero-order valence-electron chi connectivity index (χ0n) is 15.5. The molecule has 4 rings (SSSR count). The maximum absolute atomic E-state index is 14.2. The molecule has 0 fully saturated rings. The van der Waals surface area contributed by atoms with Crippen LogP contribution in [0.5, 0.6) is 0 Å². The largest absolute Gasteiger partial charge is 0.315 e. The second-order valence-electron chi connectivity index (χ2n) is 6.69. The molecule has 0 aliphatic rings. The highest BCUT2D eigenvalue weighted by atomic mass is 19.1. The lowest BCUT2D eigenvalue weighted by Crippen LogP contribution is -2.24. The molecule has 0 saturated carbocycles. The third-order valence-corrected chi connectivity index (χ3v) is 4.87. The van der Waals surface area contributed by atoms with Gasteiger partial charge in [0, 0.05) is 17.0 Å². The van der Waals surface area contributed by atoms with E-state index in [2.05, 4.69) is 4.98 Å². The maximum Gasteiger partial charge on any atom is 0.261 e. The molecule has 0 atom stereocenters. The van der Waals surface area contributed by atoms with E-state index in [1.54, 1.807) is 54.0 Å². The number of carbonyl (C=O) groups is 1. The number of ketones is 1. The molecule has 4 aromatic rings. The first kappa shape index (κ1) is 17.9. The Balaban J connectivity index is 1.72. The number of hydrogen-bond acceptors (Lipinski definition) is 3. The molecular formula is C22H18FN3O2. The number of Topliss-reactive ketones (excluding diaryl/α,β-unsaturated/α-hetero) is 1. The van der Waals surface area contributed by atoms with Crippen LogP contribution in [-0.2, 0) is 6.54 Å². The third-order valence-electron chi connectivity index (χ3n) is 4.87. The average Bonchev–Trinajstić information content (AvgIpc) is 2.99. The van der Waals surface area contributed by atoms with Gasteiger partial charge in [-0.2, -0.15) is 0 Å². The van der Waals surface area contributed by atoms with E-state index in [9.17, 15) is 14.0 Å². The van der Waals surface area contributed by atoms with Crippen molar-refractivity contribution in [3.8, 4) is 5.69 Å². The fourth-order valence-corrected chi connectivity index (χ4v) is 3.51. The van der Waals surface area contributed by atoms with Crippen LogP contribution in [0, 0.1) is 19.7 Å². The number of fused-ring (bicyclic) bond motifs is 1. The molecule has 0 N–H and O–H groups in total. The van der Waals surface area contributed by atoms with E-state index in [-0.39, 0.29) is 23.7 Å². The molecule has 0 aliphatic heterocycles. The summed E-state index contributed by atoms with van der Waals surface area (Å²) in [6.07, 6.45) is 1.39. The summed E-state index contributed by atoms with van der Waals surface area (Å²) in [5.41, 5.74) is 2.56. The Labute approximate surface area is 160 Å². The molecule has 2 aromatic carbocycles. The smallest absolute Gasteiger partial charge is 0.261 e. The normalized spacial score (nSPS) is 11.1. The van der Waals surface area contributed by atoms with Gasteiger partial charge in [0.15, 0.2) is 5.78 Å². The number of carbonyl (C=O) groups excluding carboxylic acids is 1. The second kappa shape index (κ2) is 6.88. The van der Waals surface area contributed by atoms with Gasteiger partial charge in [0.1, 0.15) is 5.82 Å². The highest BCUT2D eigenvalue weighted by Crippen LogP contribution is 2.23. The van der Waals surface area contributed by atoms with Crippen molar-refractivity contribution in [2.24, 2.45) is 0 Å². The van der Waals surface area contributed by atoms with Gasteiger partial charge in [-0.3, -0.25) is 14.2 Å². The summed E-state index contributed by atoms with van der Waals surface area (Å²) in [4.78, 5) is 29.8. The van der Waals surface area contributed by atoms with Gasteiger partial charge in [-0.15, -0.1) is 0 Å². The van der Waals surface area contributed by atoms with E-state index >= 15 is 0 Å². The van der Waals surface area contributed by atoms with Gasteiger partial charge in [0.05, 0.1) is 29.5 Å². The number of rotatable bonds is 4. The second-order valence-corrected chi connectivity index (χ2v) is 6.69. The highest BCUT2D eigenvalue weighted by molar-refractivity contribution is 5.97. The van der Waals surface area contributed by atoms with Crippen LogP contribution >= 0.6 is 0 Å². The molecule has 2 aromatic heterocycles. The monoisotopic (exact) mass is 375 g/mol. The predicted octanol–water partition coefficient (Wildman–Crippen LogP) is 3.83. The molecular weight excluding hydrogens is 357 g/mol. The van der Waals surface area contributed by atoms with E-state index in [1.807, 2.05) is 13.0 Å². The third kappa shape index (κ3) is 2.93. The summed E-state index contributed by atoms with van der Waals surface area (Å²) in [7, 11) is 0. The number of halogens is 1. The SMILES string of the molecule is Cc1cc(C(=O)Cn2cnc3ccccc3c2=O)c(C)n1-c1ccccc1F. The van der Waals surface area contributed by atoms with Gasteiger partial charge in [-0.1, -0.05) is 24.3 Å². The number of aromatic nitrogens is 3. The minimum atomic E-state index is -0.363. The number of benzene rings is 2. The van der Waals surface area contributed by atoms with Crippen LogP contribution < -0.4 is 5.56 Å². The molecule has 0 spiro atoms. The standard InChI is InChI=1S/C22H18FN3O2/c1-14-11-17(15(2)26(14)20-10-6-4-8-18(20)23)21(27)12-25-13-24-19-9-5-3-7-16(19)22(25)28/h3-11,13H,12H2,1-2H3. The van der Waals surface area contributed by atoms with Crippen molar-refractivity contribution in [3.05, 3.63) is 94.0 Å². The molecule has 5 nitrogen and oxygen atoms in total. The molecule has 28 heavy (non-hydrogen) atoms. The van der Waals surface area contributed by atoms with Gasteiger partial charge in [-0.05, 0) is 44.2 Å². The van der Waals surface area contributed by atoms with Crippen LogP contribution in [0.1, 0.15) is 21.7 Å². The number of aryl methyl sites for hydroxylation is 1. The van der Waals surface area contributed by atoms with Crippen molar-refractivity contribution < 1.29 is 9.18 Å². The van der Waals surface area contributed by atoms with Crippen LogP contribution in [0.3, 0.4) is 0 Å². The van der Waals surface area contributed by atoms with Crippen LogP contribution in [0.15, 0.2) is 65.7 Å². The number of nitrogens with zero attached hydrogens (tertiary/aromatic N) is 3. The Morgan fingerprint density at radius 3 is 2.57 bits per heavy atom. The Kier molecular flexibility index (Phi) is 4.39. The minimum Gasteiger partial charge on any atom is -0.315 e. The summed E-state index contributed by atoms with van der Waals surface area (Å²) in [6, 6.07) is 15.2. The topological polar surface area (TPSA) is 56.9 Å². The molecule has 2 heterocycles. The zero-order chi connectivity index (χ0) is 19.8. The first-order chi connectivity index (χ1) is 13.5. The van der Waals surface area contributed by atoms with Gasteiger partial charge < -0.3 is 4.57 Å². The Morgan fingerprint density at radius 2 is 1.79 bits per heavy atom. The van der Waals surface area contributed by atoms with Crippen molar-refractivity contribution >= 4 is 16.7 Å². The first-order valence-corrected chi connectivity index (χ1v) is 8.88. The Hall–Kier alpha value is -3.54. The fraction of sp³-hybridized carbons (Fsp3) is 0.136. The maximum atomic E-state index is 14.2. The summed E-state index contributed by atoms with van der Waals surface area (Å²) in [5, 5.41) is 0.467. The lowest BCUT2D eigenvalue weighted by molar-refractivity contribution is 0.0970. The molecule has 0 bridgehead atoms. The molecule has 0 radical (unpaired) electrons. The zero-order valence-corrected chi connectivity index (χ0v) is 15.5. The lowest BCUT2D eigenvalue weighted by Gasteiger charge is -2.11. The summed E-state index contributed by atoms with van der Waals surface area (Å²) in [5.74, 6) is -0.590. The Morgan fingerprint density at radius 1 is 1.07 bits per heavy atom. The van der Waals surface area contributed by atoms with E-state index in [1.165, 1.54) is 17.0 Å². The molecule has 140 valence electrons. The number of para-hydroxylation sites is 2. The van der Waals surface area contributed by atoms with Crippen molar-refractivity contribution in [3.63, 3.8) is 0 Å². The molecule has 0 aliphatic carbocycles. The van der Waals surface area contributed by atoms with Crippen molar-refractivity contribution in [2.75, 3.05) is 0 Å². The molecule has 6 heteroatoms. The lowest BCUT2D eigenvalue weighted by atomic mass is 10.1. The van der Waals surface area contributed by atoms with E-state index < -0.39 is 0 Å². The summed E-state index contributed by atoms with van der Waals surface area (Å²) >= 11 is 0. The van der Waals surface area contributed by atoms with E-state index in [4.69, 9.17) is 0 Å². The fourth-order valence-electron chi connectivity index (χ4n) is 3.51. The molecule has 0 saturated heterocycles. The van der Waals surface area contributed by atoms with Crippen molar-refractivity contribution in [1.29, 1.82) is 0 Å². The summed E-state index contributed by atoms with van der Waals surface area (Å²) < 4.78 is 17.3. The highest BCUT2D eigenvalue weighted by Gasteiger charge is 2.19. The van der Waals surface area contributed by atoms with Crippen molar-refractivity contribution in [2.45, 2.75) is 20.4 Å². The summed E-state index contributed by atoms with van der Waals surface area (Å²) in [6.45, 7) is 3.46. The van der Waals surface area contributed by atoms with Gasteiger partial charge in [0.25, 0.3) is 5.56 Å². The van der Waals surface area contributed by atoms with Crippen LogP contribution in [0.2, 0.25) is 0 Å². The Bertz CT molecular complexity index is 1270. The van der Waals surface area contributed by atoms with Gasteiger partial charge in [0.2, 0.25) is 0 Å². The van der Waals surface area contributed by atoms with Gasteiger partial charge in [-0.25, -0.2) is 9.37 Å².